The molecule has 80 valence electrons. The van der Waals surface area contributed by atoms with Crippen molar-refractivity contribution < 1.29 is 9.53 Å². The molecule has 2 aliphatic heterocycles. The zero-order valence-corrected chi connectivity index (χ0v) is 9.09. The quantitative estimate of drug-likeness (QED) is 0.724. The molecule has 0 aromatic carbocycles. The highest BCUT2D eigenvalue weighted by atomic mass is 35.5. The van der Waals surface area contributed by atoms with Crippen molar-refractivity contribution in [1.82, 2.24) is 5.32 Å². The lowest BCUT2D eigenvalue weighted by atomic mass is 9.95. The van der Waals surface area contributed by atoms with Crippen molar-refractivity contribution in [2.75, 3.05) is 5.88 Å². The van der Waals surface area contributed by atoms with E-state index >= 15 is 0 Å². The monoisotopic (exact) mass is 217 g/mol. The van der Waals surface area contributed by atoms with Gasteiger partial charge in [0.2, 0.25) is 5.91 Å². The molecular weight excluding hydrogens is 202 g/mol. The number of fused-ring (bicyclic) bond motifs is 2. The van der Waals surface area contributed by atoms with E-state index in [1.165, 1.54) is 0 Å². The van der Waals surface area contributed by atoms with Gasteiger partial charge in [-0.25, -0.2) is 0 Å². The highest BCUT2D eigenvalue weighted by molar-refractivity contribution is 6.19. The van der Waals surface area contributed by atoms with E-state index in [-0.39, 0.29) is 24.0 Å². The zero-order chi connectivity index (χ0) is 10.1. The van der Waals surface area contributed by atoms with Crippen molar-refractivity contribution in [2.24, 2.45) is 5.92 Å². The Balaban J connectivity index is 1.84. The van der Waals surface area contributed by atoms with Crippen LogP contribution in [-0.4, -0.2) is 30.0 Å². The van der Waals surface area contributed by atoms with Gasteiger partial charge in [-0.2, -0.15) is 0 Å². The third-order valence-electron chi connectivity index (χ3n) is 3.11. The second-order valence-corrected chi connectivity index (χ2v) is 4.59. The molecule has 4 heteroatoms. The van der Waals surface area contributed by atoms with E-state index in [2.05, 4.69) is 5.32 Å². The molecule has 4 atom stereocenters. The van der Waals surface area contributed by atoms with Crippen LogP contribution in [0.15, 0.2) is 0 Å². The average Bonchev–Trinajstić information content (AvgIpc) is 2.77. The second-order valence-electron chi connectivity index (χ2n) is 4.28. The van der Waals surface area contributed by atoms with Gasteiger partial charge >= 0.3 is 0 Å². The normalized spacial score (nSPS) is 37.1. The number of nitrogens with one attached hydrogen (secondary N) is 1. The van der Waals surface area contributed by atoms with E-state index in [1.54, 1.807) is 0 Å². The topological polar surface area (TPSA) is 38.3 Å². The summed E-state index contributed by atoms with van der Waals surface area (Å²) in [6.07, 6.45) is 3.86. The molecule has 0 spiro atoms. The summed E-state index contributed by atoms with van der Waals surface area (Å²) in [7, 11) is 0. The number of alkyl halides is 1. The molecule has 0 saturated carbocycles. The van der Waals surface area contributed by atoms with Gasteiger partial charge in [0.15, 0.2) is 0 Å². The van der Waals surface area contributed by atoms with Crippen LogP contribution < -0.4 is 5.32 Å². The van der Waals surface area contributed by atoms with E-state index in [0.29, 0.717) is 12.0 Å². The minimum atomic E-state index is -0.101. The Morgan fingerprint density at radius 3 is 2.93 bits per heavy atom. The molecule has 2 bridgehead atoms. The van der Waals surface area contributed by atoms with Crippen molar-refractivity contribution in [3.05, 3.63) is 0 Å². The first-order chi connectivity index (χ1) is 6.70. The molecule has 0 aromatic rings. The van der Waals surface area contributed by atoms with Gasteiger partial charge in [0.25, 0.3) is 0 Å². The van der Waals surface area contributed by atoms with Crippen molar-refractivity contribution in [1.29, 1.82) is 0 Å². The van der Waals surface area contributed by atoms with Gasteiger partial charge in [-0.05, 0) is 19.3 Å². The van der Waals surface area contributed by atoms with Crippen molar-refractivity contribution >= 4 is 17.5 Å². The predicted octanol–water partition coefficient (Wildman–Crippen LogP) is 1.30. The van der Waals surface area contributed by atoms with Crippen LogP contribution in [0.4, 0.5) is 0 Å². The summed E-state index contributed by atoms with van der Waals surface area (Å²) in [5, 5.41) is 3.01. The molecule has 14 heavy (non-hydrogen) atoms. The lowest BCUT2D eigenvalue weighted by Gasteiger charge is -2.21. The van der Waals surface area contributed by atoms with Gasteiger partial charge in [-0.1, -0.05) is 6.92 Å². The van der Waals surface area contributed by atoms with Crippen LogP contribution in [0, 0.1) is 5.92 Å². The Morgan fingerprint density at radius 2 is 2.43 bits per heavy atom. The maximum absolute atomic E-state index is 11.6. The number of amides is 1. The maximum Gasteiger partial charge on any atom is 0.224 e. The Hall–Kier alpha value is -0.280. The van der Waals surface area contributed by atoms with Gasteiger partial charge in [0.1, 0.15) is 0 Å². The standard InChI is InChI=1S/C10H16ClNO2/c1-6(5-11)10(13)12-8-4-7-2-3-9(8)14-7/h6-9H,2-5H2,1H3,(H,12,13). The molecule has 2 rings (SSSR count). The third-order valence-corrected chi connectivity index (χ3v) is 3.58. The number of carbonyl (C=O) groups is 1. The van der Waals surface area contributed by atoms with Crippen LogP contribution in [-0.2, 0) is 9.53 Å². The Kier molecular flexibility index (Phi) is 2.98. The van der Waals surface area contributed by atoms with Crippen molar-refractivity contribution in [3.63, 3.8) is 0 Å². The largest absolute Gasteiger partial charge is 0.373 e. The molecule has 4 unspecified atom stereocenters. The van der Waals surface area contributed by atoms with Crippen molar-refractivity contribution in [2.45, 2.75) is 44.4 Å². The highest BCUT2D eigenvalue weighted by Crippen LogP contribution is 2.34. The number of rotatable bonds is 3. The van der Waals surface area contributed by atoms with E-state index in [0.717, 1.165) is 19.3 Å². The Morgan fingerprint density at radius 1 is 1.64 bits per heavy atom. The molecule has 0 aliphatic carbocycles. The molecule has 0 radical (unpaired) electrons. The third kappa shape index (κ3) is 1.89. The average molecular weight is 218 g/mol. The van der Waals surface area contributed by atoms with E-state index in [9.17, 15) is 4.79 Å². The van der Waals surface area contributed by atoms with Gasteiger partial charge in [-0.15, -0.1) is 11.6 Å². The molecule has 2 heterocycles. The lowest BCUT2D eigenvalue weighted by molar-refractivity contribution is -0.125. The predicted molar refractivity (Wildman–Crippen MR) is 54.3 cm³/mol. The molecule has 1 amide bonds. The summed E-state index contributed by atoms with van der Waals surface area (Å²) >= 11 is 5.62. The fourth-order valence-corrected chi connectivity index (χ4v) is 2.32. The zero-order valence-electron chi connectivity index (χ0n) is 8.33. The summed E-state index contributed by atoms with van der Waals surface area (Å²) < 4.78 is 5.65. The number of carbonyl (C=O) groups excluding carboxylic acids is 1. The fourth-order valence-electron chi connectivity index (χ4n) is 2.18. The molecule has 2 saturated heterocycles. The van der Waals surface area contributed by atoms with E-state index in [4.69, 9.17) is 16.3 Å². The van der Waals surface area contributed by atoms with Crippen molar-refractivity contribution in [3.8, 4) is 0 Å². The van der Waals surface area contributed by atoms with Crippen LogP contribution >= 0.6 is 11.6 Å². The summed E-state index contributed by atoms with van der Waals surface area (Å²) in [5.41, 5.74) is 0. The van der Waals surface area contributed by atoms with Crippen LogP contribution in [0.25, 0.3) is 0 Å². The van der Waals surface area contributed by atoms with Gasteiger partial charge < -0.3 is 10.1 Å². The van der Waals surface area contributed by atoms with Gasteiger partial charge in [0.05, 0.1) is 18.2 Å². The minimum Gasteiger partial charge on any atom is -0.373 e. The first-order valence-electron chi connectivity index (χ1n) is 5.22. The molecule has 2 aliphatic rings. The smallest absolute Gasteiger partial charge is 0.224 e. The van der Waals surface area contributed by atoms with E-state index in [1.807, 2.05) is 6.92 Å². The fraction of sp³-hybridized carbons (Fsp3) is 0.900. The van der Waals surface area contributed by atoms with Gasteiger partial charge in [-0.3, -0.25) is 4.79 Å². The number of halogens is 1. The van der Waals surface area contributed by atoms with Gasteiger partial charge in [0, 0.05) is 11.8 Å². The van der Waals surface area contributed by atoms with Crippen LogP contribution in [0.2, 0.25) is 0 Å². The number of hydrogen-bond donors (Lipinski definition) is 1. The second kappa shape index (κ2) is 4.07. The van der Waals surface area contributed by atoms with E-state index < -0.39 is 0 Å². The number of ether oxygens (including phenoxy) is 1. The lowest BCUT2D eigenvalue weighted by Crippen LogP contribution is -2.43. The molecular formula is C10H16ClNO2. The first-order valence-corrected chi connectivity index (χ1v) is 5.76. The Bertz CT molecular complexity index is 234. The highest BCUT2D eigenvalue weighted by Gasteiger charge is 2.41. The van der Waals surface area contributed by atoms with Crippen LogP contribution in [0.1, 0.15) is 26.2 Å². The molecule has 0 aromatic heterocycles. The number of hydrogen-bond acceptors (Lipinski definition) is 2. The molecule has 3 nitrogen and oxygen atoms in total. The molecule has 1 N–H and O–H groups in total. The Labute approximate surface area is 89.1 Å². The summed E-state index contributed by atoms with van der Waals surface area (Å²) in [5.74, 6) is 0.338. The van der Waals surface area contributed by atoms with Crippen LogP contribution in [0.5, 0.6) is 0 Å². The maximum atomic E-state index is 11.6. The minimum absolute atomic E-state index is 0.0566. The summed E-state index contributed by atoms with van der Waals surface area (Å²) in [6, 6.07) is 0.229. The first kappa shape index (κ1) is 10.2. The summed E-state index contributed by atoms with van der Waals surface area (Å²) in [4.78, 5) is 11.6. The summed E-state index contributed by atoms with van der Waals surface area (Å²) in [6.45, 7) is 1.84. The molecule has 2 fully saturated rings. The SMILES string of the molecule is CC(CCl)C(=O)NC1CC2CCC1O2. The van der Waals surface area contributed by atoms with Crippen LogP contribution in [0.3, 0.4) is 0 Å².